The summed E-state index contributed by atoms with van der Waals surface area (Å²) in [5.74, 6) is 1.94. The third kappa shape index (κ3) is 3.16. The number of nitrogens with zero attached hydrogens (tertiary/aromatic N) is 3. The number of aryl methyl sites for hydroxylation is 1. The lowest BCUT2D eigenvalue weighted by Gasteiger charge is -2.24. The standard InChI is InChI=1S/C15H20IN3/c1-4-9-19(10-5-2)15-12-7-6-8-13(16)14(12)17-11(3)18-15/h6-8H,4-5,9-10H2,1-3H3. The summed E-state index contributed by atoms with van der Waals surface area (Å²) in [7, 11) is 0. The number of anilines is 1. The molecule has 0 atom stereocenters. The lowest BCUT2D eigenvalue weighted by atomic mass is 10.2. The smallest absolute Gasteiger partial charge is 0.140 e. The first-order chi connectivity index (χ1) is 9.17. The van der Waals surface area contributed by atoms with Crippen LogP contribution in [0.15, 0.2) is 18.2 Å². The Morgan fingerprint density at radius 1 is 1.11 bits per heavy atom. The molecule has 0 radical (unpaired) electrons. The molecule has 0 N–H and O–H groups in total. The van der Waals surface area contributed by atoms with Crippen LogP contribution in [0.5, 0.6) is 0 Å². The molecule has 19 heavy (non-hydrogen) atoms. The van der Waals surface area contributed by atoms with Crippen LogP contribution in [0.4, 0.5) is 5.82 Å². The highest BCUT2D eigenvalue weighted by atomic mass is 127. The van der Waals surface area contributed by atoms with Crippen molar-refractivity contribution in [1.82, 2.24) is 9.97 Å². The lowest BCUT2D eigenvalue weighted by molar-refractivity contribution is 0.734. The molecule has 1 heterocycles. The van der Waals surface area contributed by atoms with Gasteiger partial charge < -0.3 is 4.90 Å². The second kappa shape index (κ2) is 6.50. The fourth-order valence-electron chi connectivity index (χ4n) is 2.31. The third-order valence-corrected chi connectivity index (χ3v) is 3.93. The average Bonchev–Trinajstić information content (AvgIpc) is 2.39. The number of hydrogen-bond acceptors (Lipinski definition) is 3. The van der Waals surface area contributed by atoms with Crippen molar-refractivity contribution in [3.63, 3.8) is 0 Å². The van der Waals surface area contributed by atoms with E-state index in [2.05, 4.69) is 64.5 Å². The maximum atomic E-state index is 4.69. The maximum Gasteiger partial charge on any atom is 0.140 e. The molecule has 0 saturated heterocycles. The Hall–Kier alpha value is -0.910. The van der Waals surface area contributed by atoms with Gasteiger partial charge in [0.2, 0.25) is 0 Å². The molecule has 102 valence electrons. The molecule has 0 spiro atoms. The Morgan fingerprint density at radius 3 is 2.42 bits per heavy atom. The zero-order chi connectivity index (χ0) is 13.8. The lowest BCUT2D eigenvalue weighted by Crippen LogP contribution is -2.26. The maximum absolute atomic E-state index is 4.69. The van der Waals surface area contributed by atoms with Crippen LogP contribution in [-0.2, 0) is 0 Å². The number of benzene rings is 1. The first-order valence-electron chi connectivity index (χ1n) is 6.85. The number of para-hydroxylation sites is 1. The van der Waals surface area contributed by atoms with Crippen molar-refractivity contribution in [3.05, 3.63) is 27.6 Å². The van der Waals surface area contributed by atoms with Crippen molar-refractivity contribution in [2.45, 2.75) is 33.6 Å². The van der Waals surface area contributed by atoms with E-state index in [-0.39, 0.29) is 0 Å². The highest BCUT2D eigenvalue weighted by Gasteiger charge is 2.13. The molecular weight excluding hydrogens is 349 g/mol. The van der Waals surface area contributed by atoms with Crippen LogP contribution in [0.1, 0.15) is 32.5 Å². The van der Waals surface area contributed by atoms with Gasteiger partial charge in [0, 0.05) is 22.0 Å². The Kier molecular flexibility index (Phi) is 4.96. The van der Waals surface area contributed by atoms with E-state index in [0.29, 0.717) is 0 Å². The van der Waals surface area contributed by atoms with Crippen molar-refractivity contribution in [2.75, 3.05) is 18.0 Å². The second-order valence-electron chi connectivity index (χ2n) is 4.72. The molecule has 4 heteroatoms. The quantitative estimate of drug-likeness (QED) is 0.741. The van der Waals surface area contributed by atoms with Crippen LogP contribution in [0.25, 0.3) is 10.9 Å². The molecule has 1 aromatic carbocycles. The summed E-state index contributed by atoms with van der Waals surface area (Å²) in [5.41, 5.74) is 1.07. The number of hydrogen-bond donors (Lipinski definition) is 0. The molecule has 2 rings (SSSR count). The molecule has 0 aliphatic carbocycles. The van der Waals surface area contributed by atoms with Gasteiger partial charge in [0.15, 0.2) is 0 Å². The topological polar surface area (TPSA) is 29.0 Å². The minimum absolute atomic E-state index is 0.851. The van der Waals surface area contributed by atoms with Crippen LogP contribution >= 0.6 is 22.6 Å². The summed E-state index contributed by atoms with van der Waals surface area (Å²) in [6.07, 6.45) is 2.27. The third-order valence-electron chi connectivity index (χ3n) is 3.06. The molecule has 0 saturated carbocycles. The fourth-order valence-corrected chi connectivity index (χ4v) is 2.93. The minimum atomic E-state index is 0.851. The predicted molar refractivity (Wildman–Crippen MR) is 89.8 cm³/mol. The summed E-state index contributed by atoms with van der Waals surface area (Å²) in [4.78, 5) is 11.7. The van der Waals surface area contributed by atoms with Gasteiger partial charge in [-0.3, -0.25) is 0 Å². The van der Waals surface area contributed by atoms with Gasteiger partial charge in [-0.05, 0) is 54.5 Å². The second-order valence-corrected chi connectivity index (χ2v) is 5.88. The van der Waals surface area contributed by atoms with E-state index in [0.717, 1.165) is 43.1 Å². The number of halogens is 1. The average molecular weight is 369 g/mol. The molecule has 1 aromatic heterocycles. The number of aromatic nitrogens is 2. The van der Waals surface area contributed by atoms with Crippen molar-refractivity contribution >= 4 is 39.3 Å². The SMILES string of the molecule is CCCN(CCC)c1nc(C)nc2c(I)cccc12. The fraction of sp³-hybridized carbons (Fsp3) is 0.467. The van der Waals surface area contributed by atoms with Crippen LogP contribution in [-0.4, -0.2) is 23.1 Å². The zero-order valence-electron chi connectivity index (χ0n) is 11.8. The summed E-state index contributed by atoms with van der Waals surface area (Å²) in [6.45, 7) is 8.49. The van der Waals surface area contributed by atoms with Crippen molar-refractivity contribution < 1.29 is 0 Å². The summed E-state index contributed by atoms with van der Waals surface area (Å²) < 4.78 is 1.19. The summed E-state index contributed by atoms with van der Waals surface area (Å²) in [5, 5.41) is 1.17. The van der Waals surface area contributed by atoms with E-state index in [4.69, 9.17) is 4.98 Å². The summed E-state index contributed by atoms with van der Waals surface area (Å²) >= 11 is 2.35. The van der Waals surface area contributed by atoms with E-state index in [1.54, 1.807) is 0 Å². The van der Waals surface area contributed by atoms with Gasteiger partial charge in [-0.25, -0.2) is 9.97 Å². The van der Waals surface area contributed by atoms with E-state index in [9.17, 15) is 0 Å². The van der Waals surface area contributed by atoms with Gasteiger partial charge in [-0.2, -0.15) is 0 Å². The largest absolute Gasteiger partial charge is 0.356 e. The first kappa shape index (κ1) is 14.5. The van der Waals surface area contributed by atoms with E-state index in [1.165, 1.54) is 8.96 Å². The van der Waals surface area contributed by atoms with Gasteiger partial charge in [0.05, 0.1) is 5.52 Å². The Morgan fingerprint density at radius 2 is 1.79 bits per heavy atom. The monoisotopic (exact) mass is 369 g/mol. The number of fused-ring (bicyclic) bond motifs is 1. The van der Waals surface area contributed by atoms with Crippen molar-refractivity contribution in [3.8, 4) is 0 Å². The highest BCUT2D eigenvalue weighted by molar-refractivity contribution is 14.1. The van der Waals surface area contributed by atoms with Gasteiger partial charge in [-0.1, -0.05) is 19.9 Å². The molecule has 2 aromatic rings. The molecular formula is C15H20IN3. The van der Waals surface area contributed by atoms with Gasteiger partial charge in [0.1, 0.15) is 11.6 Å². The zero-order valence-corrected chi connectivity index (χ0v) is 13.9. The molecule has 0 aliphatic heterocycles. The van der Waals surface area contributed by atoms with Crippen LogP contribution < -0.4 is 4.90 Å². The molecule has 0 unspecified atom stereocenters. The Balaban J connectivity index is 2.60. The molecule has 0 amide bonds. The van der Waals surface area contributed by atoms with Gasteiger partial charge >= 0.3 is 0 Å². The molecule has 0 fully saturated rings. The van der Waals surface area contributed by atoms with Crippen molar-refractivity contribution in [2.24, 2.45) is 0 Å². The van der Waals surface area contributed by atoms with Gasteiger partial charge in [0.25, 0.3) is 0 Å². The van der Waals surface area contributed by atoms with E-state index < -0.39 is 0 Å². The normalized spacial score (nSPS) is 10.9. The Bertz CT molecular complexity index is 563. The van der Waals surface area contributed by atoms with Crippen molar-refractivity contribution in [1.29, 1.82) is 0 Å². The van der Waals surface area contributed by atoms with Crippen LogP contribution in [0, 0.1) is 10.5 Å². The van der Waals surface area contributed by atoms with Crippen LogP contribution in [0.2, 0.25) is 0 Å². The summed E-state index contributed by atoms with van der Waals surface area (Å²) in [6, 6.07) is 6.32. The predicted octanol–water partition coefficient (Wildman–Crippen LogP) is 4.17. The van der Waals surface area contributed by atoms with Crippen LogP contribution in [0.3, 0.4) is 0 Å². The molecule has 0 aliphatic rings. The molecule has 3 nitrogen and oxygen atoms in total. The van der Waals surface area contributed by atoms with E-state index >= 15 is 0 Å². The first-order valence-corrected chi connectivity index (χ1v) is 7.93. The molecule has 0 bridgehead atoms. The van der Waals surface area contributed by atoms with E-state index in [1.807, 2.05) is 6.92 Å². The minimum Gasteiger partial charge on any atom is -0.356 e. The number of rotatable bonds is 5. The Labute approximate surface area is 128 Å². The highest BCUT2D eigenvalue weighted by Crippen LogP contribution is 2.27. The van der Waals surface area contributed by atoms with Gasteiger partial charge in [-0.15, -0.1) is 0 Å².